The Bertz CT molecular complexity index is 677. The van der Waals surface area contributed by atoms with Gasteiger partial charge in [-0.1, -0.05) is 25.4 Å². The van der Waals surface area contributed by atoms with Gasteiger partial charge in [0.15, 0.2) is 5.69 Å². The van der Waals surface area contributed by atoms with Gasteiger partial charge >= 0.3 is 6.18 Å². The second-order valence-corrected chi connectivity index (χ2v) is 5.90. The Balaban J connectivity index is 1.95. The highest BCUT2D eigenvalue weighted by molar-refractivity contribution is 6.31. The summed E-state index contributed by atoms with van der Waals surface area (Å²) in [7, 11) is 0. The fraction of sp³-hybridized carbons (Fsp3) is 0.400. The van der Waals surface area contributed by atoms with Crippen LogP contribution in [-0.4, -0.2) is 21.8 Å². The molecule has 0 saturated carbocycles. The van der Waals surface area contributed by atoms with Crippen molar-refractivity contribution < 1.29 is 17.9 Å². The molecule has 0 aliphatic rings. The van der Waals surface area contributed by atoms with Crippen LogP contribution in [0.5, 0.6) is 5.88 Å². The standard InChI is InChI=1S/C15H16ClF3N4O/c1-9(2)8-24-14-11(16)5-10(7-21-14)6-20-13-4-3-12(22-23-13)15(17,18)19/h3-5,7,9H,6,8H2,1-2H3,(H,20,23). The number of hydrogen-bond donors (Lipinski definition) is 1. The van der Waals surface area contributed by atoms with Gasteiger partial charge in [-0.15, -0.1) is 10.2 Å². The molecule has 0 radical (unpaired) electrons. The lowest BCUT2D eigenvalue weighted by molar-refractivity contribution is -0.141. The molecule has 0 aliphatic carbocycles. The van der Waals surface area contributed by atoms with Crippen LogP contribution in [0.15, 0.2) is 24.4 Å². The average molecular weight is 361 g/mol. The van der Waals surface area contributed by atoms with E-state index in [1.807, 2.05) is 13.8 Å². The van der Waals surface area contributed by atoms with Crippen LogP contribution >= 0.6 is 11.6 Å². The van der Waals surface area contributed by atoms with E-state index in [1.165, 1.54) is 6.07 Å². The minimum absolute atomic E-state index is 0.222. The summed E-state index contributed by atoms with van der Waals surface area (Å²) in [4.78, 5) is 4.13. The molecule has 2 rings (SSSR count). The zero-order valence-electron chi connectivity index (χ0n) is 13.1. The fourth-order valence-corrected chi connectivity index (χ4v) is 1.93. The van der Waals surface area contributed by atoms with E-state index in [-0.39, 0.29) is 12.4 Å². The maximum Gasteiger partial charge on any atom is 0.435 e. The third-order valence-electron chi connectivity index (χ3n) is 2.85. The third-order valence-corrected chi connectivity index (χ3v) is 3.12. The molecule has 0 bridgehead atoms. The van der Waals surface area contributed by atoms with Gasteiger partial charge in [-0.3, -0.25) is 0 Å². The van der Waals surface area contributed by atoms with Gasteiger partial charge < -0.3 is 10.1 Å². The van der Waals surface area contributed by atoms with Crippen molar-refractivity contribution >= 4 is 17.4 Å². The number of halogens is 4. The molecule has 0 aliphatic heterocycles. The van der Waals surface area contributed by atoms with Crippen molar-refractivity contribution in [3.8, 4) is 5.88 Å². The molecule has 0 fully saturated rings. The van der Waals surface area contributed by atoms with Crippen molar-refractivity contribution in [2.45, 2.75) is 26.6 Å². The van der Waals surface area contributed by atoms with Crippen molar-refractivity contribution in [3.63, 3.8) is 0 Å². The van der Waals surface area contributed by atoms with E-state index in [1.54, 1.807) is 12.3 Å². The lowest BCUT2D eigenvalue weighted by Crippen LogP contribution is -2.10. The monoisotopic (exact) mass is 360 g/mol. The first-order valence-electron chi connectivity index (χ1n) is 7.17. The maximum atomic E-state index is 12.4. The molecule has 0 atom stereocenters. The fourth-order valence-electron chi connectivity index (χ4n) is 1.68. The van der Waals surface area contributed by atoms with E-state index < -0.39 is 11.9 Å². The Morgan fingerprint density at radius 1 is 1.25 bits per heavy atom. The van der Waals surface area contributed by atoms with Gasteiger partial charge in [-0.2, -0.15) is 13.2 Å². The Kier molecular flexibility index (Phi) is 5.82. The Labute approximate surface area is 142 Å². The number of alkyl halides is 3. The Morgan fingerprint density at radius 3 is 2.54 bits per heavy atom. The number of nitrogens with zero attached hydrogens (tertiary/aromatic N) is 3. The largest absolute Gasteiger partial charge is 0.476 e. The molecule has 130 valence electrons. The second-order valence-electron chi connectivity index (χ2n) is 5.49. The Morgan fingerprint density at radius 2 is 2.00 bits per heavy atom. The molecular formula is C15H16ClF3N4O. The van der Waals surface area contributed by atoms with Crippen molar-refractivity contribution in [3.05, 3.63) is 40.7 Å². The zero-order valence-corrected chi connectivity index (χ0v) is 13.8. The van der Waals surface area contributed by atoms with Crippen molar-refractivity contribution in [2.24, 2.45) is 5.92 Å². The molecule has 2 aromatic heterocycles. The van der Waals surface area contributed by atoms with Gasteiger partial charge in [0.05, 0.1) is 6.61 Å². The number of aromatic nitrogens is 3. The summed E-state index contributed by atoms with van der Waals surface area (Å²) in [5.74, 6) is 0.921. The molecule has 2 heterocycles. The molecule has 2 aromatic rings. The van der Waals surface area contributed by atoms with Crippen LogP contribution in [0.1, 0.15) is 25.1 Å². The smallest absolute Gasteiger partial charge is 0.435 e. The van der Waals surface area contributed by atoms with Gasteiger partial charge in [0.2, 0.25) is 5.88 Å². The first kappa shape index (κ1) is 18.3. The topological polar surface area (TPSA) is 59.9 Å². The molecule has 0 spiro atoms. The van der Waals surface area contributed by atoms with E-state index in [4.69, 9.17) is 16.3 Å². The van der Waals surface area contributed by atoms with Gasteiger partial charge in [-0.25, -0.2) is 4.98 Å². The summed E-state index contributed by atoms with van der Waals surface area (Å²) in [6.45, 7) is 4.82. The predicted octanol–water partition coefficient (Wildman–Crippen LogP) is 4.19. The van der Waals surface area contributed by atoms with Gasteiger partial charge in [0.25, 0.3) is 0 Å². The maximum absolute atomic E-state index is 12.4. The first-order valence-corrected chi connectivity index (χ1v) is 7.55. The highest BCUT2D eigenvalue weighted by Crippen LogP contribution is 2.27. The van der Waals surface area contributed by atoms with Crippen molar-refractivity contribution in [1.82, 2.24) is 15.2 Å². The van der Waals surface area contributed by atoms with E-state index in [9.17, 15) is 13.2 Å². The zero-order chi connectivity index (χ0) is 17.7. The van der Waals surface area contributed by atoms with Crippen LogP contribution in [-0.2, 0) is 12.7 Å². The van der Waals surface area contributed by atoms with E-state index in [0.717, 1.165) is 11.6 Å². The van der Waals surface area contributed by atoms with Crippen molar-refractivity contribution in [1.29, 1.82) is 0 Å². The average Bonchev–Trinajstić information content (AvgIpc) is 2.51. The SMILES string of the molecule is CC(C)COc1ncc(CNc2ccc(C(F)(F)F)nn2)cc1Cl. The molecule has 0 unspecified atom stereocenters. The summed E-state index contributed by atoms with van der Waals surface area (Å²) in [6.07, 6.45) is -2.93. The molecule has 0 amide bonds. The predicted molar refractivity (Wildman–Crippen MR) is 83.9 cm³/mol. The summed E-state index contributed by atoms with van der Waals surface area (Å²) in [5.41, 5.74) is -0.303. The van der Waals surface area contributed by atoms with E-state index >= 15 is 0 Å². The molecular weight excluding hydrogens is 345 g/mol. The minimum Gasteiger partial charge on any atom is -0.476 e. The number of anilines is 1. The minimum atomic E-state index is -4.51. The quantitative estimate of drug-likeness (QED) is 0.837. The van der Waals surface area contributed by atoms with E-state index in [0.29, 0.717) is 23.4 Å². The first-order chi connectivity index (χ1) is 11.3. The van der Waals surface area contributed by atoms with Crippen LogP contribution < -0.4 is 10.1 Å². The number of hydrogen-bond acceptors (Lipinski definition) is 5. The molecule has 5 nitrogen and oxygen atoms in total. The Hall–Kier alpha value is -2.09. The molecule has 0 saturated heterocycles. The highest BCUT2D eigenvalue weighted by atomic mass is 35.5. The number of pyridine rings is 1. The molecule has 9 heteroatoms. The number of nitrogens with one attached hydrogen (secondary N) is 1. The molecule has 0 aromatic carbocycles. The lowest BCUT2D eigenvalue weighted by atomic mass is 10.2. The molecule has 1 N–H and O–H groups in total. The van der Waals surface area contributed by atoms with Crippen LogP contribution in [0.4, 0.5) is 19.0 Å². The van der Waals surface area contributed by atoms with Gasteiger partial charge in [-0.05, 0) is 29.7 Å². The highest BCUT2D eigenvalue weighted by Gasteiger charge is 2.32. The summed E-state index contributed by atoms with van der Waals surface area (Å²) < 4.78 is 42.7. The second kappa shape index (κ2) is 7.65. The number of rotatable bonds is 6. The summed E-state index contributed by atoms with van der Waals surface area (Å²) >= 11 is 6.10. The van der Waals surface area contributed by atoms with Crippen molar-refractivity contribution in [2.75, 3.05) is 11.9 Å². The van der Waals surface area contributed by atoms with Crippen LogP contribution in [0.3, 0.4) is 0 Å². The number of ether oxygens (including phenoxy) is 1. The lowest BCUT2D eigenvalue weighted by Gasteiger charge is -2.11. The third kappa shape index (κ3) is 5.23. The summed E-state index contributed by atoms with van der Waals surface area (Å²) in [5, 5.41) is 9.85. The van der Waals surface area contributed by atoms with E-state index in [2.05, 4.69) is 20.5 Å². The van der Waals surface area contributed by atoms with Gasteiger partial charge in [0, 0.05) is 12.7 Å². The molecule has 24 heavy (non-hydrogen) atoms. The normalized spacial score (nSPS) is 11.6. The van der Waals surface area contributed by atoms with Gasteiger partial charge in [0.1, 0.15) is 10.8 Å². The van der Waals surface area contributed by atoms with Crippen LogP contribution in [0.2, 0.25) is 5.02 Å². The summed E-state index contributed by atoms with van der Waals surface area (Å²) in [6, 6.07) is 3.75. The van der Waals surface area contributed by atoms with Crippen LogP contribution in [0, 0.1) is 5.92 Å². The van der Waals surface area contributed by atoms with Crippen LogP contribution in [0.25, 0.3) is 0 Å².